The predicted molar refractivity (Wildman–Crippen MR) is 128 cm³/mol. The fourth-order valence-electron chi connectivity index (χ4n) is 3.20. The fourth-order valence-corrected chi connectivity index (χ4v) is 3.86. The van der Waals surface area contributed by atoms with E-state index in [-0.39, 0.29) is 5.91 Å². The first-order chi connectivity index (χ1) is 14.9. The molecule has 0 saturated carbocycles. The van der Waals surface area contributed by atoms with Gasteiger partial charge >= 0.3 is 0 Å². The van der Waals surface area contributed by atoms with Crippen LogP contribution in [0.2, 0.25) is 15.1 Å². The SMILES string of the molecule is C/C(=N/NC(=O)c1cc(-c2ccccc2Cl)nc2ccccc12)c1cc(Cl)ccc1Cl. The molecule has 0 fully saturated rings. The molecule has 1 amide bonds. The Labute approximate surface area is 194 Å². The highest BCUT2D eigenvalue weighted by atomic mass is 35.5. The summed E-state index contributed by atoms with van der Waals surface area (Å²) in [5.74, 6) is -0.371. The number of hydrogen-bond donors (Lipinski definition) is 1. The van der Waals surface area contributed by atoms with Crippen molar-refractivity contribution in [2.24, 2.45) is 5.10 Å². The van der Waals surface area contributed by atoms with Crippen LogP contribution in [0.1, 0.15) is 22.8 Å². The number of amides is 1. The van der Waals surface area contributed by atoms with E-state index in [2.05, 4.69) is 15.5 Å². The van der Waals surface area contributed by atoms with Crippen LogP contribution >= 0.6 is 34.8 Å². The van der Waals surface area contributed by atoms with E-state index in [4.69, 9.17) is 34.8 Å². The maximum Gasteiger partial charge on any atom is 0.272 e. The highest BCUT2D eigenvalue weighted by Gasteiger charge is 2.15. The highest BCUT2D eigenvalue weighted by molar-refractivity contribution is 6.36. The standard InChI is InChI=1S/C24H16Cl3N3O/c1-14(18-12-15(25)10-11-21(18)27)29-30-24(31)19-13-23(17-7-2-4-8-20(17)26)28-22-9-5-3-6-16(19)22/h2-13H,1H3,(H,30,31)/b29-14-. The molecule has 0 radical (unpaired) electrons. The molecule has 154 valence electrons. The largest absolute Gasteiger partial charge is 0.272 e. The first-order valence-corrected chi connectivity index (χ1v) is 10.5. The molecule has 0 atom stereocenters. The van der Waals surface area contributed by atoms with Crippen LogP contribution in [0.5, 0.6) is 0 Å². The highest BCUT2D eigenvalue weighted by Crippen LogP contribution is 2.29. The molecule has 1 N–H and O–H groups in total. The van der Waals surface area contributed by atoms with Crippen LogP contribution in [0.15, 0.2) is 77.9 Å². The Bertz CT molecular complexity index is 1330. The Morgan fingerprint density at radius 2 is 1.61 bits per heavy atom. The normalized spacial score (nSPS) is 11.5. The maximum atomic E-state index is 13.1. The third-order valence-corrected chi connectivity index (χ3v) is 5.65. The number of aromatic nitrogens is 1. The molecule has 1 aromatic heterocycles. The molecule has 0 bridgehead atoms. The van der Waals surface area contributed by atoms with Gasteiger partial charge in [0.1, 0.15) is 0 Å². The second-order valence-corrected chi connectivity index (χ2v) is 8.07. The van der Waals surface area contributed by atoms with Gasteiger partial charge in [0, 0.05) is 31.6 Å². The summed E-state index contributed by atoms with van der Waals surface area (Å²) < 4.78 is 0. The van der Waals surface area contributed by atoms with Gasteiger partial charge in [-0.2, -0.15) is 5.10 Å². The van der Waals surface area contributed by atoms with Crippen LogP contribution in [0.4, 0.5) is 0 Å². The van der Waals surface area contributed by atoms with Crippen molar-refractivity contribution in [3.8, 4) is 11.3 Å². The number of benzene rings is 3. The molecule has 0 aliphatic heterocycles. The van der Waals surface area contributed by atoms with Gasteiger partial charge in [0.25, 0.3) is 5.91 Å². The van der Waals surface area contributed by atoms with E-state index in [0.717, 1.165) is 5.56 Å². The van der Waals surface area contributed by atoms with Crippen molar-refractivity contribution in [3.63, 3.8) is 0 Å². The first-order valence-electron chi connectivity index (χ1n) is 9.39. The minimum absolute atomic E-state index is 0.371. The first kappa shape index (κ1) is 21.3. The van der Waals surface area contributed by atoms with Gasteiger partial charge in [0.2, 0.25) is 0 Å². The Kier molecular flexibility index (Phi) is 6.23. The Morgan fingerprint density at radius 1 is 0.871 bits per heavy atom. The number of nitrogens with zero attached hydrogens (tertiary/aromatic N) is 2. The van der Waals surface area contributed by atoms with Crippen LogP contribution in [0.25, 0.3) is 22.2 Å². The number of rotatable bonds is 4. The second-order valence-electron chi connectivity index (χ2n) is 6.81. The summed E-state index contributed by atoms with van der Waals surface area (Å²) in [4.78, 5) is 17.8. The molecular weight excluding hydrogens is 453 g/mol. The van der Waals surface area contributed by atoms with Gasteiger partial charge < -0.3 is 0 Å². The van der Waals surface area contributed by atoms with Crippen molar-refractivity contribution in [2.45, 2.75) is 6.92 Å². The van der Waals surface area contributed by atoms with Crippen molar-refractivity contribution >= 4 is 57.3 Å². The van der Waals surface area contributed by atoms with Crippen LogP contribution in [-0.2, 0) is 0 Å². The molecule has 1 heterocycles. The third-order valence-electron chi connectivity index (χ3n) is 4.75. The second kappa shape index (κ2) is 9.06. The summed E-state index contributed by atoms with van der Waals surface area (Å²) >= 11 is 18.6. The monoisotopic (exact) mass is 467 g/mol. The lowest BCUT2D eigenvalue weighted by Gasteiger charge is -2.10. The Hall–Kier alpha value is -2.92. The number of fused-ring (bicyclic) bond motifs is 1. The number of carbonyl (C=O) groups is 1. The summed E-state index contributed by atoms with van der Waals surface area (Å²) in [6, 6.07) is 21.6. The minimum atomic E-state index is -0.371. The average molecular weight is 469 g/mol. The topological polar surface area (TPSA) is 54.4 Å². The summed E-state index contributed by atoms with van der Waals surface area (Å²) in [5, 5.41) is 6.52. The summed E-state index contributed by atoms with van der Waals surface area (Å²) in [6.45, 7) is 1.75. The van der Waals surface area contributed by atoms with Crippen LogP contribution in [0.3, 0.4) is 0 Å². The zero-order valence-corrected chi connectivity index (χ0v) is 18.6. The number of para-hydroxylation sites is 1. The molecule has 0 spiro atoms. The Balaban J connectivity index is 1.74. The molecule has 7 heteroatoms. The number of halogens is 3. The number of pyridine rings is 1. The van der Waals surface area contributed by atoms with Gasteiger partial charge in [-0.05, 0) is 43.3 Å². The number of hydrazone groups is 1. The molecular formula is C24H16Cl3N3O. The molecule has 4 rings (SSSR count). The molecule has 3 aromatic carbocycles. The fraction of sp³-hybridized carbons (Fsp3) is 0.0417. The van der Waals surface area contributed by atoms with Gasteiger partial charge in [-0.3, -0.25) is 4.79 Å². The summed E-state index contributed by atoms with van der Waals surface area (Å²) in [5.41, 5.74) is 6.27. The van der Waals surface area contributed by atoms with Crippen LogP contribution in [0, 0.1) is 0 Å². The van der Waals surface area contributed by atoms with Crippen molar-refractivity contribution < 1.29 is 4.79 Å². The number of nitrogens with one attached hydrogen (secondary N) is 1. The molecule has 4 nitrogen and oxygen atoms in total. The molecule has 4 aromatic rings. The van der Waals surface area contributed by atoms with Gasteiger partial charge in [-0.25, -0.2) is 10.4 Å². The van der Waals surface area contributed by atoms with E-state index in [1.54, 1.807) is 37.3 Å². The zero-order valence-electron chi connectivity index (χ0n) is 16.4. The molecule has 0 aliphatic carbocycles. The van der Waals surface area contributed by atoms with Crippen molar-refractivity contribution in [1.29, 1.82) is 0 Å². The quantitative estimate of drug-likeness (QED) is 0.258. The number of carbonyl (C=O) groups excluding carboxylic acids is 1. The van der Waals surface area contributed by atoms with Gasteiger partial charge in [-0.1, -0.05) is 71.2 Å². The minimum Gasteiger partial charge on any atom is -0.267 e. The van der Waals surface area contributed by atoms with Gasteiger partial charge in [-0.15, -0.1) is 0 Å². The molecule has 0 saturated heterocycles. The van der Waals surface area contributed by atoms with Crippen molar-refractivity contribution in [3.05, 3.63) is 99.0 Å². The van der Waals surface area contributed by atoms with Gasteiger partial charge in [0.05, 0.1) is 22.5 Å². The summed E-state index contributed by atoms with van der Waals surface area (Å²) in [6.07, 6.45) is 0. The number of hydrogen-bond acceptors (Lipinski definition) is 3. The van der Waals surface area contributed by atoms with E-state index in [1.165, 1.54) is 0 Å². The molecule has 31 heavy (non-hydrogen) atoms. The lowest BCUT2D eigenvalue weighted by Crippen LogP contribution is -2.20. The smallest absolute Gasteiger partial charge is 0.267 e. The summed E-state index contributed by atoms with van der Waals surface area (Å²) in [7, 11) is 0. The van der Waals surface area contributed by atoms with E-state index >= 15 is 0 Å². The Morgan fingerprint density at radius 3 is 2.42 bits per heavy atom. The molecule has 0 unspecified atom stereocenters. The van der Waals surface area contributed by atoms with Crippen molar-refractivity contribution in [2.75, 3.05) is 0 Å². The van der Waals surface area contributed by atoms with E-state index in [1.807, 2.05) is 42.5 Å². The van der Waals surface area contributed by atoms with Gasteiger partial charge in [0.15, 0.2) is 0 Å². The zero-order chi connectivity index (χ0) is 22.0. The van der Waals surface area contributed by atoms with Crippen LogP contribution < -0.4 is 5.43 Å². The maximum absolute atomic E-state index is 13.1. The predicted octanol–water partition coefficient (Wildman–Crippen LogP) is 7.02. The third kappa shape index (κ3) is 4.57. The van der Waals surface area contributed by atoms with Crippen LogP contribution in [-0.4, -0.2) is 16.6 Å². The van der Waals surface area contributed by atoms with E-state index in [0.29, 0.717) is 48.5 Å². The lowest BCUT2D eigenvalue weighted by molar-refractivity contribution is 0.0956. The van der Waals surface area contributed by atoms with E-state index in [9.17, 15) is 4.79 Å². The lowest BCUT2D eigenvalue weighted by atomic mass is 10.0. The average Bonchev–Trinajstić information content (AvgIpc) is 2.78. The van der Waals surface area contributed by atoms with E-state index < -0.39 is 0 Å². The molecule has 0 aliphatic rings. The van der Waals surface area contributed by atoms with Crippen molar-refractivity contribution in [1.82, 2.24) is 10.4 Å².